The molecule has 2 rings (SSSR count). The zero-order valence-corrected chi connectivity index (χ0v) is 18.0. The van der Waals surface area contributed by atoms with E-state index in [4.69, 9.17) is 17.0 Å². The van der Waals surface area contributed by atoms with Gasteiger partial charge in [0.1, 0.15) is 10.8 Å². The number of methoxy groups -OCH3 is 1. The van der Waals surface area contributed by atoms with Gasteiger partial charge in [-0.25, -0.2) is 4.79 Å². The number of halogens is 3. The Labute approximate surface area is 179 Å². The number of rotatable bonds is 5. The third-order valence-corrected chi connectivity index (χ3v) is 5.11. The number of thiophene rings is 1. The van der Waals surface area contributed by atoms with Gasteiger partial charge in [0.2, 0.25) is 0 Å². The number of carbonyl (C=O) groups excluding carboxylic acids is 2. The van der Waals surface area contributed by atoms with Crippen molar-refractivity contribution in [2.45, 2.75) is 13.3 Å². The summed E-state index contributed by atoms with van der Waals surface area (Å²) in [5.74, 6) is -1.30. The molecule has 30 heavy (non-hydrogen) atoms. The Hall–Kier alpha value is -2.86. The highest BCUT2D eigenvalue weighted by molar-refractivity contribution is 7.80. The molecule has 0 aliphatic heterocycles. The quantitative estimate of drug-likeness (QED) is 0.509. The van der Waals surface area contributed by atoms with Crippen molar-refractivity contribution in [3.05, 3.63) is 40.3 Å². The maximum Gasteiger partial charge on any atom is 0.573 e. The van der Waals surface area contributed by atoms with Crippen LogP contribution in [0.15, 0.2) is 24.3 Å². The molecule has 0 unspecified atom stereocenters. The van der Waals surface area contributed by atoms with Crippen LogP contribution in [0.2, 0.25) is 0 Å². The Bertz CT molecular complexity index is 957. The Balaban J connectivity index is 2.20. The van der Waals surface area contributed by atoms with Crippen LogP contribution in [0.1, 0.15) is 25.6 Å². The molecule has 1 heterocycles. The van der Waals surface area contributed by atoms with E-state index in [0.717, 1.165) is 23.5 Å². The first-order valence-corrected chi connectivity index (χ1v) is 9.52. The number of carbonyl (C=O) groups is 2. The lowest BCUT2D eigenvalue weighted by atomic mass is 10.1. The summed E-state index contributed by atoms with van der Waals surface area (Å²) in [4.78, 5) is 26.3. The molecule has 1 amide bonds. The number of hydrogen-bond donors (Lipinski definition) is 2. The number of alkyl halides is 3. The summed E-state index contributed by atoms with van der Waals surface area (Å²) in [6, 6.07) is 4.94. The van der Waals surface area contributed by atoms with Crippen LogP contribution in [-0.2, 0) is 4.74 Å². The molecule has 7 nitrogen and oxygen atoms in total. The summed E-state index contributed by atoms with van der Waals surface area (Å²) in [7, 11) is 4.40. The summed E-state index contributed by atoms with van der Waals surface area (Å²) in [5.41, 5.74) is 1.01. The number of hydrogen-bond acceptors (Lipinski definition) is 6. The van der Waals surface area contributed by atoms with Crippen molar-refractivity contribution in [2.75, 3.05) is 31.8 Å². The molecule has 162 valence electrons. The zero-order chi connectivity index (χ0) is 22.6. The number of ether oxygens (including phenoxy) is 2. The minimum atomic E-state index is -4.78. The predicted octanol–water partition coefficient (Wildman–Crippen LogP) is 4.25. The lowest BCUT2D eigenvalue weighted by Crippen LogP contribution is -2.21. The van der Waals surface area contributed by atoms with Crippen LogP contribution in [-0.4, -0.2) is 49.5 Å². The van der Waals surface area contributed by atoms with Gasteiger partial charge in [-0.05, 0) is 49.0 Å². The van der Waals surface area contributed by atoms with Crippen LogP contribution in [0.3, 0.4) is 0 Å². The lowest BCUT2D eigenvalue weighted by molar-refractivity contribution is -0.274. The molecular weight excluding hydrogens is 443 g/mol. The van der Waals surface area contributed by atoms with E-state index < -0.39 is 12.3 Å². The first kappa shape index (κ1) is 23.4. The van der Waals surface area contributed by atoms with Crippen molar-refractivity contribution >= 4 is 51.2 Å². The van der Waals surface area contributed by atoms with E-state index in [1.54, 1.807) is 21.0 Å². The highest BCUT2D eigenvalue weighted by Crippen LogP contribution is 2.34. The maximum absolute atomic E-state index is 12.4. The summed E-state index contributed by atoms with van der Waals surface area (Å²) in [6.07, 6.45) is -4.78. The number of benzene rings is 1. The van der Waals surface area contributed by atoms with Gasteiger partial charge in [-0.15, -0.1) is 24.5 Å². The molecule has 0 spiro atoms. The largest absolute Gasteiger partial charge is 0.573 e. The predicted molar refractivity (Wildman–Crippen MR) is 111 cm³/mol. The number of nitrogens with one attached hydrogen (secondary N) is 2. The molecule has 1 aromatic heterocycles. The van der Waals surface area contributed by atoms with Crippen LogP contribution < -0.4 is 15.4 Å². The SMILES string of the molecule is COC(=O)c1c(NC(=S)Nc2ccc(OC(F)(F)F)cc2)sc(C(=O)N(C)C)c1C. The second kappa shape index (κ2) is 9.30. The monoisotopic (exact) mass is 461 g/mol. The topological polar surface area (TPSA) is 79.9 Å². The second-order valence-electron chi connectivity index (χ2n) is 6.10. The summed E-state index contributed by atoms with van der Waals surface area (Å²) in [5, 5.41) is 6.00. The van der Waals surface area contributed by atoms with Crippen molar-refractivity contribution in [1.82, 2.24) is 4.90 Å². The minimum absolute atomic E-state index is 0.0646. The summed E-state index contributed by atoms with van der Waals surface area (Å²) < 4.78 is 45.3. The van der Waals surface area contributed by atoms with Crippen LogP contribution in [0, 0.1) is 6.92 Å². The van der Waals surface area contributed by atoms with Crippen LogP contribution >= 0.6 is 23.6 Å². The van der Waals surface area contributed by atoms with Gasteiger partial charge in [0.15, 0.2) is 5.11 Å². The molecule has 0 aliphatic rings. The highest BCUT2D eigenvalue weighted by Gasteiger charge is 2.31. The molecule has 0 radical (unpaired) electrons. The van der Waals surface area contributed by atoms with Gasteiger partial charge < -0.3 is 25.0 Å². The fourth-order valence-electron chi connectivity index (χ4n) is 2.36. The minimum Gasteiger partial charge on any atom is -0.465 e. The fourth-order valence-corrected chi connectivity index (χ4v) is 3.87. The van der Waals surface area contributed by atoms with E-state index in [9.17, 15) is 22.8 Å². The van der Waals surface area contributed by atoms with Crippen molar-refractivity contribution < 1.29 is 32.2 Å². The van der Waals surface area contributed by atoms with Crippen LogP contribution in [0.25, 0.3) is 0 Å². The molecule has 0 saturated carbocycles. The molecule has 0 bridgehead atoms. The summed E-state index contributed by atoms with van der Waals surface area (Å²) >= 11 is 6.25. The van der Waals surface area contributed by atoms with Crippen molar-refractivity contribution in [2.24, 2.45) is 0 Å². The third kappa shape index (κ3) is 5.83. The van der Waals surface area contributed by atoms with Gasteiger partial charge in [-0.2, -0.15) is 0 Å². The third-order valence-electron chi connectivity index (χ3n) is 3.71. The Morgan fingerprint density at radius 2 is 1.73 bits per heavy atom. The van der Waals surface area contributed by atoms with E-state index in [1.165, 1.54) is 24.1 Å². The standard InChI is InChI=1S/C18H18F3N3O4S2/c1-9-12(16(26)27-4)14(30-13(9)15(25)24(2)3)23-17(29)22-10-5-7-11(8-6-10)28-18(19,20)21/h5-8H,1-4H3,(H2,22,23,29). The van der Waals surface area contributed by atoms with Gasteiger partial charge in [0.25, 0.3) is 5.91 Å². The molecular formula is C18H18F3N3O4S2. The number of nitrogens with zero attached hydrogens (tertiary/aromatic N) is 1. The number of anilines is 2. The Kier molecular flexibility index (Phi) is 7.26. The van der Waals surface area contributed by atoms with Gasteiger partial charge >= 0.3 is 12.3 Å². The van der Waals surface area contributed by atoms with Crippen molar-refractivity contribution in [3.63, 3.8) is 0 Å². The maximum atomic E-state index is 12.4. The van der Waals surface area contributed by atoms with Gasteiger partial charge in [-0.1, -0.05) is 0 Å². The number of thiocarbonyl (C=S) groups is 1. The van der Waals surface area contributed by atoms with E-state index in [-0.39, 0.29) is 22.3 Å². The van der Waals surface area contributed by atoms with Crippen molar-refractivity contribution in [3.8, 4) is 5.75 Å². The average Bonchev–Trinajstić information content (AvgIpc) is 2.96. The smallest absolute Gasteiger partial charge is 0.465 e. The molecule has 0 fully saturated rings. The molecule has 0 atom stereocenters. The van der Waals surface area contributed by atoms with Crippen LogP contribution in [0.4, 0.5) is 23.9 Å². The molecule has 12 heteroatoms. The first-order valence-electron chi connectivity index (χ1n) is 8.30. The lowest BCUT2D eigenvalue weighted by Gasteiger charge is -2.12. The van der Waals surface area contributed by atoms with E-state index in [0.29, 0.717) is 21.1 Å². The molecule has 1 aromatic carbocycles. The van der Waals surface area contributed by atoms with E-state index in [1.807, 2.05) is 0 Å². The molecule has 2 N–H and O–H groups in total. The fraction of sp³-hybridized carbons (Fsp3) is 0.278. The first-order chi connectivity index (χ1) is 13.9. The highest BCUT2D eigenvalue weighted by atomic mass is 32.1. The van der Waals surface area contributed by atoms with Crippen molar-refractivity contribution in [1.29, 1.82) is 0 Å². The van der Waals surface area contributed by atoms with Gasteiger partial charge in [-0.3, -0.25) is 4.79 Å². The number of amides is 1. The Morgan fingerprint density at radius 3 is 2.23 bits per heavy atom. The average molecular weight is 461 g/mol. The van der Waals surface area contributed by atoms with E-state index in [2.05, 4.69) is 15.4 Å². The molecule has 2 aromatic rings. The number of esters is 1. The van der Waals surface area contributed by atoms with Crippen LogP contribution in [0.5, 0.6) is 5.75 Å². The second-order valence-corrected chi connectivity index (χ2v) is 7.53. The molecule has 0 aliphatic carbocycles. The zero-order valence-electron chi connectivity index (χ0n) is 16.3. The Morgan fingerprint density at radius 1 is 1.13 bits per heavy atom. The summed E-state index contributed by atoms with van der Waals surface area (Å²) in [6.45, 7) is 1.63. The van der Waals surface area contributed by atoms with Gasteiger partial charge in [0, 0.05) is 19.8 Å². The van der Waals surface area contributed by atoms with Gasteiger partial charge in [0.05, 0.1) is 17.6 Å². The molecule has 0 saturated heterocycles. The van der Waals surface area contributed by atoms with E-state index >= 15 is 0 Å². The normalized spacial score (nSPS) is 10.9.